The molecule has 1 rings (SSSR count). The second-order valence-corrected chi connectivity index (χ2v) is 6.76. The number of hydrogen-bond acceptors (Lipinski definition) is 3. The summed E-state index contributed by atoms with van der Waals surface area (Å²) in [6.07, 6.45) is 0. The van der Waals surface area contributed by atoms with E-state index in [0.29, 0.717) is 6.04 Å². The fourth-order valence-corrected chi connectivity index (χ4v) is 2.32. The van der Waals surface area contributed by atoms with Crippen LogP contribution < -0.4 is 10.1 Å². The van der Waals surface area contributed by atoms with Gasteiger partial charge in [-0.3, -0.25) is 0 Å². The zero-order valence-corrected chi connectivity index (χ0v) is 14.0. The third-order valence-electron chi connectivity index (χ3n) is 2.59. The topological polar surface area (TPSA) is 41.5 Å². The van der Waals surface area contributed by atoms with Gasteiger partial charge in [-0.25, -0.2) is 0 Å². The van der Waals surface area contributed by atoms with Gasteiger partial charge in [0, 0.05) is 22.6 Å². The quantitative estimate of drug-likeness (QED) is 0.840. The van der Waals surface area contributed by atoms with E-state index in [1.54, 1.807) is 13.8 Å². The van der Waals surface area contributed by atoms with Crippen molar-refractivity contribution in [2.24, 2.45) is 0 Å². The first kappa shape index (κ1) is 16.5. The molecule has 0 bridgehead atoms. The maximum absolute atomic E-state index is 9.78. The van der Waals surface area contributed by atoms with Crippen LogP contribution in [-0.2, 0) is 6.54 Å². The highest BCUT2D eigenvalue weighted by molar-refractivity contribution is 9.10. The molecule has 108 valence electrons. The Kier molecular flexibility index (Phi) is 5.83. The lowest BCUT2D eigenvalue weighted by atomic mass is 10.1. The molecule has 0 radical (unpaired) electrons. The average molecular weight is 330 g/mol. The van der Waals surface area contributed by atoms with Crippen LogP contribution in [0.1, 0.15) is 38.8 Å². The Bertz CT molecular complexity index is 425. The molecule has 19 heavy (non-hydrogen) atoms. The van der Waals surface area contributed by atoms with Crippen molar-refractivity contribution in [1.29, 1.82) is 0 Å². The molecule has 2 N–H and O–H groups in total. The number of aryl methyl sites for hydroxylation is 1. The van der Waals surface area contributed by atoms with Crippen LogP contribution in [0.4, 0.5) is 0 Å². The number of ether oxygens (including phenoxy) is 1. The molecule has 1 aromatic carbocycles. The van der Waals surface area contributed by atoms with Gasteiger partial charge in [0.2, 0.25) is 0 Å². The lowest BCUT2D eigenvalue weighted by molar-refractivity contribution is 0.0279. The van der Waals surface area contributed by atoms with Gasteiger partial charge in [-0.2, -0.15) is 0 Å². The Labute approximate surface area is 124 Å². The molecular weight excluding hydrogens is 306 g/mol. The molecule has 0 amide bonds. The maximum Gasteiger partial charge on any atom is 0.126 e. The average Bonchev–Trinajstić information content (AvgIpc) is 2.23. The van der Waals surface area contributed by atoms with E-state index in [9.17, 15) is 5.11 Å². The van der Waals surface area contributed by atoms with Gasteiger partial charge < -0.3 is 15.2 Å². The second-order valence-electron chi connectivity index (χ2n) is 5.85. The molecule has 4 heteroatoms. The van der Waals surface area contributed by atoms with Gasteiger partial charge in [-0.05, 0) is 38.5 Å². The Balaban J connectivity index is 2.92. The summed E-state index contributed by atoms with van der Waals surface area (Å²) in [5.74, 6) is 0.860. The molecule has 0 heterocycles. The number of benzene rings is 1. The molecule has 0 saturated heterocycles. The zero-order chi connectivity index (χ0) is 14.6. The Morgan fingerprint density at radius 3 is 2.53 bits per heavy atom. The Morgan fingerprint density at radius 2 is 2.00 bits per heavy atom. The van der Waals surface area contributed by atoms with E-state index < -0.39 is 5.60 Å². The summed E-state index contributed by atoms with van der Waals surface area (Å²) in [6.45, 7) is 10.8. The molecule has 0 atom stereocenters. The van der Waals surface area contributed by atoms with Crippen LogP contribution in [0.25, 0.3) is 0 Å². The highest BCUT2D eigenvalue weighted by Gasteiger charge is 2.16. The molecule has 0 unspecified atom stereocenters. The number of aliphatic hydroxyl groups is 1. The van der Waals surface area contributed by atoms with Crippen molar-refractivity contribution in [2.75, 3.05) is 6.61 Å². The minimum atomic E-state index is -0.831. The summed E-state index contributed by atoms with van der Waals surface area (Å²) in [5, 5.41) is 13.2. The third kappa shape index (κ3) is 5.93. The molecule has 0 aliphatic carbocycles. The summed E-state index contributed by atoms with van der Waals surface area (Å²) in [7, 11) is 0. The molecular formula is C15H24BrNO2. The predicted molar refractivity (Wildman–Crippen MR) is 82.6 cm³/mol. The van der Waals surface area contributed by atoms with Gasteiger partial charge in [-0.15, -0.1) is 0 Å². The van der Waals surface area contributed by atoms with Crippen LogP contribution in [0, 0.1) is 6.92 Å². The van der Waals surface area contributed by atoms with E-state index in [1.165, 1.54) is 0 Å². The van der Waals surface area contributed by atoms with E-state index in [0.717, 1.165) is 27.9 Å². The minimum Gasteiger partial charge on any atom is -0.490 e. The normalized spacial score (nSPS) is 12.0. The number of rotatable bonds is 6. The van der Waals surface area contributed by atoms with Crippen molar-refractivity contribution >= 4 is 15.9 Å². The van der Waals surface area contributed by atoms with E-state index in [2.05, 4.69) is 41.2 Å². The van der Waals surface area contributed by atoms with Gasteiger partial charge in [0.05, 0.1) is 5.60 Å². The van der Waals surface area contributed by atoms with Crippen LogP contribution in [0.15, 0.2) is 16.6 Å². The summed E-state index contributed by atoms with van der Waals surface area (Å²) < 4.78 is 6.85. The first-order valence-electron chi connectivity index (χ1n) is 6.56. The summed E-state index contributed by atoms with van der Waals surface area (Å²) in [6, 6.07) is 4.50. The first-order valence-corrected chi connectivity index (χ1v) is 7.36. The number of halogens is 1. The fourth-order valence-electron chi connectivity index (χ4n) is 1.70. The van der Waals surface area contributed by atoms with E-state index >= 15 is 0 Å². The van der Waals surface area contributed by atoms with Crippen molar-refractivity contribution in [3.8, 4) is 5.75 Å². The van der Waals surface area contributed by atoms with E-state index in [-0.39, 0.29) is 6.61 Å². The van der Waals surface area contributed by atoms with Crippen LogP contribution >= 0.6 is 15.9 Å². The first-order chi connectivity index (χ1) is 8.69. The standard InChI is InChI=1S/C15H24BrNO2/c1-10(2)17-8-12-7-13(16)6-11(3)14(12)19-9-15(4,5)18/h6-7,10,17-18H,8-9H2,1-5H3. The highest BCUT2D eigenvalue weighted by Crippen LogP contribution is 2.28. The SMILES string of the molecule is Cc1cc(Br)cc(CNC(C)C)c1OCC(C)(C)O. The fraction of sp³-hybridized carbons (Fsp3) is 0.600. The largest absolute Gasteiger partial charge is 0.490 e. The van der Waals surface area contributed by atoms with Crippen LogP contribution in [-0.4, -0.2) is 23.4 Å². The minimum absolute atomic E-state index is 0.282. The summed E-state index contributed by atoms with van der Waals surface area (Å²) in [5.41, 5.74) is 1.34. The van der Waals surface area contributed by atoms with E-state index in [1.807, 2.05) is 13.0 Å². The van der Waals surface area contributed by atoms with Crippen LogP contribution in [0.3, 0.4) is 0 Å². The molecule has 0 spiro atoms. The van der Waals surface area contributed by atoms with E-state index in [4.69, 9.17) is 4.74 Å². The second kappa shape index (κ2) is 6.73. The molecule has 0 aromatic heterocycles. The van der Waals surface area contributed by atoms with Gasteiger partial charge >= 0.3 is 0 Å². The van der Waals surface area contributed by atoms with Crippen molar-refractivity contribution in [1.82, 2.24) is 5.32 Å². The third-order valence-corrected chi connectivity index (χ3v) is 3.04. The van der Waals surface area contributed by atoms with Crippen molar-refractivity contribution in [2.45, 2.75) is 52.8 Å². The van der Waals surface area contributed by atoms with Crippen LogP contribution in [0.5, 0.6) is 5.75 Å². The van der Waals surface area contributed by atoms with Crippen molar-refractivity contribution < 1.29 is 9.84 Å². The van der Waals surface area contributed by atoms with Gasteiger partial charge in [0.25, 0.3) is 0 Å². The van der Waals surface area contributed by atoms with Crippen molar-refractivity contribution in [3.05, 3.63) is 27.7 Å². The van der Waals surface area contributed by atoms with Crippen LogP contribution in [0.2, 0.25) is 0 Å². The molecule has 0 fully saturated rings. The Hall–Kier alpha value is -0.580. The molecule has 1 aromatic rings. The predicted octanol–water partition coefficient (Wildman–Crippen LogP) is 3.41. The zero-order valence-electron chi connectivity index (χ0n) is 12.4. The molecule has 0 aliphatic rings. The molecule has 0 aliphatic heterocycles. The van der Waals surface area contributed by atoms with Gasteiger partial charge in [0.1, 0.15) is 12.4 Å². The monoisotopic (exact) mass is 329 g/mol. The van der Waals surface area contributed by atoms with Gasteiger partial charge in [-0.1, -0.05) is 29.8 Å². The number of hydrogen-bond donors (Lipinski definition) is 2. The lowest BCUT2D eigenvalue weighted by Crippen LogP contribution is -2.29. The molecule has 0 saturated carbocycles. The molecule has 3 nitrogen and oxygen atoms in total. The maximum atomic E-state index is 9.78. The smallest absolute Gasteiger partial charge is 0.126 e. The highest BCUT2D eigenvalue weighted by atomic mass is 79.9. The summed E-state index contributed by atoms with van der Waals surface area (Å²) >= 11 is 3.51. The Morgan fingerprint density at radius 1 is 1.37 bits per heavy atom. The summed E-state index contributed by atoms with van der Waals surface area (Å²) in [4.78, 5) is 0. The number of nitrogens with one attached hydrogen (secondary N) is 1. The van der Waals surface area contributed by atoms with Gasteiger partial charge in [0.15, 0.2) is 0 Å². The van der Waals surface area contributed by atoms with Crippen molar-refractivity contribution in [3.63, 3.8) is 0 Å². The lowest BCUT2D eigenvalue weighted by Gasteiger charge is -2.21.